The minimum atomic E-state index is -0.752. The van der Waals surface area contributed by atoms with Crippen molar-refractivity contribution in [2.24, 2.45) is 0 Å². The summed E-state index contributed by atoms with van der Waals surface area (Å²) in [6.07, 6.45) is -0.701. The van der Waals surface area contributed by atoms with Gasteiger partial charge in [-0.15, -0.1) is 0 Å². The quantitative estimate of drug-likeness (QED) is 0.420. The van der Waals surface area contributed by atoms with Gasteiger partial charge >= 0.3 is 11.5 Å². The van der Waals surface area contributed by atoms with Crippen LogP contribution < -0.4 is 5.43 Å². The normalized spacial score (nSPS) is 10.6. The van der Waals surface area contributed by atoms with Crippen molar-refractivity contribution in [3.8, 4) is 0 Å². The second-order valence-electron chi connectivity index (χ2n) is 3.61. The molecule has 0 saturated carbocycles. The summed E-state index contributed by atoms with van der Waals surface area (Å²) in [6, 6.07) is 0. The minimum absolute atomic E-state index is 0.279. The van der Waals surface area contributed by atoms with Crippen molar-refractivity contribution in [3.05, 3.63) is 0 Å². The van der Waals surface area contributed by atoms with E-state index >= 15 is 0 Å². The Morgan fingerprint density at radius 2 is 1.93 bits per heavy atom. The largest absolute Gasteiger partial charge is 0.443 e. The van der Waals surface area contributed by atoms with E-state index in [4.69, 9.17) is 16.3 Å². The Morgan fingerprint density at radius 3 is 2.21 bits per heavy atom. The molecule has 0 rings (SSSR count). The molecule has 0 fully saturated rings. The van der Waals surface area contributed by atoms with Gasteiger partial charge in [-0.1, -0.05) is 0 Å². The number of amides is 2. The third-order valence-corrected chi connectivity index (χ3v) is 1.36. The van der Waals surface area contributed by atoms with Crippen LogP contribution in [-0.2, 0) is 4.74 Å². The zero-order valence-corrected chi connectivity index (χ0v) is 9.51. The van der Waals surface area contributed by atoms with E-state index in [0.29, 0.717) is 0 Å². The summed E-state index contributed by atoms with van der Waals surface area (Å²) in [5.41, 5.74) is 1.61. The van der Waals surface area contributed by atoms with E-state index in [2.05, 4.69) is 5.43 Å². The highest BCUT2D eigenvalue weighted by Crippen LogP contribution is 2.06. The van der Waals surface area contributed by atoms with Gasteiger partial charge in [0.2, 0.25) is 0 Å². The van der Waals surface area contributed by atoms with Crippen LogP contribution in [0.25, 0.3) is 0 Å². The average Bonchev–Trinajstić information content (AvgIpc) is 1.96. The number of nitrogens with one attached hydrogen (secondary N) is 1. The smallest absolute Gasteiger partial charge is 0.426 e. The maximum Gasteiger partial charge on any atom is 0.426 e. The van der Waals surface area contributed by atoms with Crippen LogP contribution in [0.1, 0.15) is 27.7 Å². The van der Waals surface area contributed by atoms with Gasteiger partial charge in [-0.3, -0.25) is 4.79 Å². The second-order valence-corrected chi connectivity index (χ2v) is 3.93. The molecule has 0 aliphatic heterocycles. The van der Waals surface area contributed by atoms with Crippen molar-refractivity contribution >= 4 is 23.1 Å². The highest BCUT2D eigenvalue weighted by molar-refractivity contribution is 6.62. The van der Waals surface area contributed by atoms with Crippen LogP contribution >= 0.6 is 11.6 Å². The third kappa shape index (κ3) is 5.64. The van der Waals surface area contributed by atoms with Crippen molar-refractivity contribution in [1.82, 2.24) is 10.4 Å². The number of ether oxygens (including phenoxy) is 1. The molecule has 0 bridgehead atoms. The Morgan fingerprint density at radius 1 is 1.43 bits per heavy atom. The minimum Gasteiger partial charge on any atom is -0.443 e. The highest BCUT2D eigenvalue weighted by Gasteiger charge is 2.19. The van der Waals surface area contributed by atoms with Crippen LogP contribution in [0.5, 0.6) is 0 Å². The van der Waals surface area contributed by atoms with E-state index in [0.717, 1.165) is 5.01 Å². The average molecular weight is 223 g/mol. The van der Waals surface area contributed by atoms with Gasteiger partial charge in [0, 0.05) is 6.54 Å². The van der Waals surface area contributed by atoms with Crippen LogP contribution in [-0.4, -0.2) is 28.6 Å². The van der Waals surface area contributed by atoms with Gasteiger partial charge in [0.05, 0.1) is 0 Å². The van der Waals surface area contributed by atoms with Gasteiger partial charge in [0.15, 0.2) is 0 Å². The van der Waals surface area contributed by atoms with Crippen LogP contribution in [0.15, 0.2) is 0 Å². The Hall–Kier alpha value is -0.970. The van der Waals surface area contributed by atoms with E-state index in [1.807, 2.05) is 0 Å². The van der Waals surface area contributed by atoms with Crippen molar-refractivity contribution < 1.29 is 14.3 Å². The predicted octanol–water partition coefficient (Wildman–Crippen LogP) is 2.11. The molecule has 1 N–H and O–H groups in total. The molecule has 0 aromatic carbocycles. The molecular formula is C8H15ClN2O3. The molecule has 0 unspecified atom stereocenters. The molecule has 0 aromatic heterocycles. The lowest BCUT2D eigenvalue weighted by Crippen LogP contribution is -2.45. The maximum absolute atomic E-state index is 11.1. The Kier molecular flexibility index (Phi) is 4.70. The molecule has 0 spiro atoms. The molecule has 5 nitrogen and oxygen atoms in total. The summed E-state index contributed by atoms with van der Waals surface area (Å²) in [7, 11) is 0. The first-order valence-electron chi connectivity index (χ1n) is 4.23. The van der Waals surface area contributed by atoms with Gasteiger partial charge in [-0.2, -0.15) is 0 Å². The molecule has 2 amide bonds. The Balaban J connectivity index is 4.11. The fraction of sp³-hybridized carbons (Fsp3) is 0.750. The van der Waals surface area contributed by atoms with Crippen LogP contribution in [0.3, 0.4) is 0 Å². The third-order valence-electron chi connectivity index (χ3n) is 1.15. The fourth-order valence-corrected chi connectivity index (χ4v) is 0.820. The van der Waals surface area contributed by atoms with Gasteiger partial charge < -0.3 is 4.74 Å². The standard InChI is InChI=1S/C8H15ClN2O3/c1-5-11(6(9)12)10-7(13)14-8(2,3)4/h5H2,1-4H3,(H,10,13). The molecule has 0 radical (unpaired) electrons. The molecule has 0 heterocycles. The van der Waals surface area contributed by atoms with E-state index in [1.165, 1.54) is 0 Å². The summed E-state index contributed by atoms with van der Waals surface area (Å²) in [4.78, 5) is 21.8. The molecule has 0 aliphatic rings. The maximum atomic E-state index is 11.1. The number of hydrogen-bond acceptors (Lipinski definition) is 3. The van der Waals surface area contributed by atoms with Crippen LogP contribution in [0.4, 0.5) is 9.59 Å². The van der Waals surface area contributed by atoms with E-state index in [1.54, 1.807) is 27.7 Å². The molecule has 0 aliphatic carbocycles. The summed E-state index contributed by atoms with van der Waals surface area (Å²) in [5, 5.41) is 0.202. The lowest BCUT2D eigenvalue weighted by Gasteiger charge is -2.23. The first-order valence-corrected chi connectivity index (χ1v) is 4.60. The zero-order valence-electron chi connectivity index (χ0n) is 8.76. The lowest BCUT2D eigenvalue weighted by molar-refractivity contribution is 0.0398. The van der Waals surface area contributed by atoms with E-state index < -0.39 is 17.1 Å². The molecule has 82 valence electrons. The molecule has 0 aromatic rings. The number of halogens is 1. The highest BCUT2D eigenvalue weighted by atomic mass is 35.5. The van der Waals surface area contributed by atoms with Gasteiger partial charge in [-0.05, 0) is 39.3 Å². The predicted molar refractivity (Wildman–Crippen MR) is 53.0 cm³/mol. The van der Waals surface area contributed by atoms with Gasteiger partial charge in [0.1, 0.15) is 5.60 Å². The number of nitrogens with zero attached hydrogens (tertiary/aromatic N) is 1. The van der Waals surface area contributed by atoms with Crippen molar-refractivity contribution in [2.45, 2.75) is 33.3 Å². The van der Waals surface area contributed by atoms with Gasteiger partial charge in [0.25, 0.3) is 0 Å². The Bertz CT molecular complexity index is 225. The fourth-order valence-electron chi connectivity index (χ4n) is 0.658. The first-order chi connectivity index (χ1) is 6.26. The van der Waals surface area contributed by atoms with Crippen molar-refractivity contribution in [1.29, 1.82) is 0 Å². The molecule has 0 saturated heterocycles. The molecular weight excluding hydrogens is 208 g/mol. The molecule has 6 heteroatoms. The lowest BCUT2D eigenvalue weighted by atomic mass is 10.2. The topological polar surface area (TPSA) is 58.6 Å². The monoisotopic (exact) mass is 222 g/mol. The number of carbonyl (C=O) groups excluding carboxylic acids is 2. The summed E-state index contributed by atoms with van der Waals surface area (Å²) < 4.78 is 4.92. The summed E-state index contributed by atoms with van der Waals surface area (Å²) in [6.45, 7) is 7.14. The van der Waals surface area contributed by atoms with Gasteiger partial charge in [-0.25, -0.2) is 15.2 Å². The summed E-state index contributed by atoms with van der Waals surface area (Å²) >= 11 is 5.18. The summed E-state index contributed by atoms with van der Waals surface area (Å²) in [5.74, 6) is 0. The molecule has 14 heavy (non-hydrogen) atoms. The number of rotatable bonds is 1. The number of hydrazine groups is 1. The van der Waals surface area contributed by atoms with Crippen molar-refractivity contribution in [3.63, 3.8) is 0 Å². The second kappa shape index (κ2) is 5.05. The van der Waals surface area contributed by atoms with Crippen molar-refractivity contribution in [2.75, 3.05) is 6.54 Å². The molecule has 0 atom stereocenters. The zero-order chi connectivity index (χ0) is 11.4. The number of hydrogen-bond donors (Lipinski definition) is 1. The van der Waals surface area contributed by atoms with E-state index in [9.17, 15) is 9.59 Å². The first kappa shape index (κ1) is 13.0. The number of carbonyl (C=O) groups is 2. The Labute approximate surface area is 88.3 Å². The van der Waals surface area contributed by atoms with E-state index in [-0.39, 0.29) is 6.54 Å². The van der Waals surface area contributed by atoms with Crippen LogP contribution in [0, 0.1) is 0 Å². The SMILES string of the molecule is CCN(NC(=O)OC(C)(C)C)C(=O)Cl. The van der Waals surface area contributed by atoms with Crippen LogP contribution in [0.2, 0.25) is 0 Å².